The number of hydrogen-bond acceptors (Lipinski definition) is 4. The largest absolute Gasteiger partial charge is 0.459 e. The molecule has 0 saturated heterocycles. The summed E-state index contributed by atoms with van der Waals surface area (Å²) in [7, 11) is 0. The summed E-state index contributed by atoms with van der Waals surface area (Å²) in [5, 5.41) is 5.74. The number of H-pyrrole nitrogens is 1. The molecule has 31 heavy (non-hydrogen) atoms. The Morgan fingerprint density at radius 3 is 2.52 bits per heavy atom. The van der Waals surface area contributed by atoms with Crippen LogP contribution in [0.3, 0.4) is 0 Å². The zero-order chi connectivity index (χ0) is 23.1. The van der Waals surface area contributed by atoms with E-state index in [1.165, 1.54) is 26.0 Å². The molecule has 0 aliphatic carbocycles. The van der Waals surface area contributed by atoms with Gasteiger partial charge in [0.1, 0.15) is 22.8 Å². The van der Waals surface area contributed by atoms with Crippen molar-refractivity contribution >= 4 is 17.4 Å². The number of carbonyl (C=O) groups is 2. The molecule has 1 aliphatic rings. The number of fused-ring (bicyclic) bond motifs is 1. The van der Waals surface area contributed by atoms with Gasteiger partial charge in [-0.05, 0) is 32.0 Å². The van der Waals surface area contributed by atoms with Crippen LogP contribution in [0.25, 0.3) is 5.57 Å². The summed E-state index contributed by atoms with van der Waals surface area (Å²) in [6.07, 6.45) is -4.19. The van der Waals surface area contributed by atoms with E-state index in [4.69, 9.17) is 4.74 Å². The lowest BCUT2D eigenvalue weighted by Gasteiger charge is -2.30. The van der Waals surface area contributed by atoms with Crippen LogP contribution in [0.4, 0.5) is 17.6 Å². The number of aromatic amines is 1. The first-order chi connectivity index (χ1) is 14.3. The van der Waals surface area contributed by atoms with Crippen LogP contribution in [0.1, 0.15) is 55.0 Å². The number of nitrogens with one attached hydrogen (secondary N) is 1. The molecule has 2 heterocycles. The van der Waals surface area contributed by atoms with Gasteiger partial charge in [0.15, 0.2) is 0 Å². The van der Waals surface area contributed by atoms with E-state index in [1.54, 1.807) is 13.8 Å². The quantitative estimate of drug-likeness (QED) is 0.572. The summed E-state index contributed by atoms with van der Waals surface area (Å²) in [6, 6.07) is 4.90. The monoisotopic (exact) mass is 439 g/mol. The lowest BCUT2D eigenvalue weighted by atomic mass is 9.81. The number of alkyl halides is 3. The minimum absolute atomic E-state index is 0.0132. The first kappa shape index (κ1) is 22.5. The van der Waals surface area contributed by atoms with Crippen LogP contribution < -0.4 is 0 Å². The molecule has 1 amide bonds. The van der Waals surface area contributed by atoms with Crippen LogP contribution in [0, 0.1) is 5.82 Å². The highest BCUT2D eigenvalue weighted by Crippen LogP contribution is 2.42. The van der Waals surface area contributed by atoms with Gasteiger partial charge in [-0.1, -0.05) is 19.9 Å². The van der Waals surface area contributed by atoms with E-state index in [1.807, 2.05) is 5.10 Å². The van der Waals surface area contributed by atoms with Crippen LogP contribution in [-0.2, 0) is 21.1 Å². The Bertz CT molecular complexity index is 1050. The standard InChI is InChI=1S/C21H21F4N3O3/c1-11(2)31-19(30)14-9-28(18(29)12-6-5-7-13(22)8-12)10-20(3,4)15-16(14)26-27-17(15)21(23,24)25/h5-9,11H,10H2,1-4H3,(H,26,27). The Kier molecular flexibility index (Phi) is 5.68. The molecule has 0 spiro atoms. The summed E-state index contributed by atoms with van der Waals surface area (Å²) < 4.78 is 59.8. The Balaban J connectivity index is 2.18. The molecule has 1 aliphatic heterocycles. The molecule has 3 rings (SSSR count). The number of rotatable bonds is 3. The lowest BCUT2D eigenvalue weighted by molar-refractivity contribution is -0.142. The summed E-state index contributed by atoms with van der Waals surface area (Å²) in [6.45, 7) is 5.97. The van der Waals surface area contributed by atoms with Crippen molar-refractivity contribution in [2.24, 2.45) is 0 Å². The van der Waals surface area contributed by atoms with Gasteiger partial charge < -0.3 is 9.64 Å². The Morgan fingerprint density at radius 2 is 1.94 bits per heavy atom. The second-order valence-electron chi connectivity index (χ2n) is 8.14. The van der Waals surface area contributed by atoms with E-state index >= 15 is 0 Å². The normalized spacial score (nSPS) is 15.9. The molecule has 0 radical (unpaired) electrons. The third kappa shape index (κ3) is 4.47. The Morgan fingerprint density at radius 1 is 1.26 bits per heavy atom. The maximum Gasteiger partial charge on any atom is 0.433 e. The summed E-state index contributed by atoms with van der Waals surface area (Å²) in [5.74, 6) is -2.24. The molecule has 0 unspecified atom stereocenters. The predicted molar refractivity (Wildman–Crippen MR) is 103 cm³/mol. The average Bonchev–Trinajstić information content (AvgIpc) is 3.05. The number of esters is 1. The smallest absolute Gasteiger partial charge is 0.433 e. The minimum Gasteiger partial charge on any atom is -0.459 e. The SMILES string of the molecule is CC(C)OC(=O)C1=CN(C(=O)c2cccc(F)c2)CC(C)(C)c2c1n[nH]c2C(F)(F)F. The van der Waals surface area contributed by atoms with Crippen molar-refractivity contribution < 1.29 is 31.9 Å². The van der Waals surface area contributed by atoms with Crippen molar-refractivity contribution in [3.63, 3.8) is 0 Å². The average molecular weight is 439 g/mol. The number of carbonyl (C=O) groups excluding carboxylic acids is 2. The molecule has 0 saturated carbocycles. The summed E-state index contributed by atoms with van der Waals surface area (Å²) >= 11 is 0. The minimum atomic E-state index is -4.76. The maximum absolute atomic E-state index is 13.7. The highest BCUT2D eigenvalue weighted by atomic mass is 19.4. The van der Waals surface area contributed by atoms with Gasteiger partial charge in [-0.3, -0.25) is 9.89 Å². The molecule has 0 bridgehead atoms. The van der Waals surface area contributed by atoms with Gasteiger partial charge in [-0.15, -0.1) is 0 Å². The molecule has 1 aromatic heterocycles. The van der Waals surface area contributed by atoms with Crippen LogP contribution >= 0.6 is 0 Å². The summed E-state index contributed by atoms with van der Waals surface area (Å²) in [4.78, 5) is 26.9. The lowest BCUT2D eigenvalue weighted by Crippen LogP contribution is -2.37. The Hall–Kier alpha value is -3.17. The molecular formula is C21H21F4N3O3. The number of amides is 1. The number of ether oxygens (including phenoxy) is 1. The fourth-order valence-corrected chi connectivity index (χ4v) is 3.51. The maximum atomic E-state index is 13.7. The first-order valence-corrected chi connectivity index (χ1v) is 9.47. The second kappa shape index (κ2) is 7.82. The van der Waals surface area contributed by atoms with Crippen LogP contribution in [-0.4, -0.2) is 39.6 Å². The fraction of sp³-hybridized carbons (Fsp3) is 0.381. The zero-order valence-electron chi connectivity index (χ0n) is 17.3. The molecule has 2 aromatic rings. The second-order valence-corrected chi connectivity index (χ2v) is 8.14. The topological polar surface area (TPSA) is 75.3 Å². The molecule has 0 atom stereocenters. The molecule has 10 heteroatoms. The van der Waals surface area contributed by atoms with Crippen molar-refractivity contribution in [1.82, 2.24) is 15.1 Å². The van der Waals surface area contributed by atoms with Gasteiger partial charge in [0, 0.05) is 29.3 Å². The third-order valence-electron chi connectivity index (χ3n) is 4.73. The van der Waals surface area contributed by atoms with E-state index < -0.39 is 41.1 Å². The van der Waals surface area contributed by atoms with E-state index in [0.29, 0.717) is 0 Å². The van der Waals surface area contributed by atoms with Gasteiger partial charge in [0.05, 0.1) is 6.10 Å². The number of hydrogen-bond donors (Lipinski definition) is 1. The number of benzene rings is 1. The van der Waals surface area contributed by atoms with E-state index in [-0.39, 0.29) is 28.9 Å². The predicted octanol–water partition coefficient (Wildman–Crippen LogP) is 4.29. The molecule has 166 valence electrons. The highest BCUT2D eigenvalue weighted by Gasteiger charge is 2.46. The molecule has 6 nitrogen and oxygen atoms in total. The zero-order valence-corrected chi connectivity index (χ0v) is 17.3. The molecule has 1 aromatic carbocycles. The van der Waals surface area contributed by atoms with Crippen molar-refractivity contribution in [3.8, 4) is 0 Å². The Labute approximate surface area is 175 Å². The van der Waals surface area contributed by atoms with Gasteiger partial charge >= 0.3 is 12.1 Å². The van der Waals surface area contributed by atoms with Crippen molar-refractivity contribution in [3.05, 3.63) is 58.8 Å². The number of aromatic nitrogens is 2. The molecular weight excluding hydrogens is 418 g/mol. The number of halogens is 4. The fourth-order valence-electron chi connectivity index (χ4n) is 3.51. The van der Waals surface area contributed by atoms with Gasteiger partial charge in [0.25, 0.3) is 5.91 Å². The van der Waals surface area contributed by atoms with Gasteiger partial charge in [0.2, 0.25) is 0 Å². The summed E-state index contributed by atoms with van der Waals surface area (Å²) in [5.41, 5.74) is -3.16. The van der Waals surface area contributed by atoms with Crippen LogP contribution in [0.5, 0.6) is 0 Å². The van der Waals surface area contributed by atoms with E-state index in [0.717, 1.165) is 23.2 Å². The van der Waals surface area contributed by atoms with Crippen molar-refractivity contribution in [2.75, 3.05) is 6.54 Å². The van der Waals surface area contributed by atoms with Crippen molar-refractivity contribution in [1.29, 1.82) is 0 Å². The van der Waals surface area contributed by atoms with E-state index in [9.17, 15) is 27.2 Å². The molecule has 0 fully saturated rings. The van der Waals surface area contributed by atoms with Crippen LogP contribution in [0.15, 0.2) is 30.5 Å². The highest BCUT2D eigenvalue weighted by molar-refractivity contribution is 6.17. The third-order valence-corrected chi connectivity index (χ3v) is 4.73. The van der Waals surface area contributed by atoms with E-state index in [2.05, 4.69) is 5.10 Å². The first-order valence-electron chi connectivity index (χ1n) is 9.47. The van der Waals surface area contributed by atoms with Crippen LogP contribution in [0.2, 0.25) is 0 Å². The van der Waals surface area contributed by atoms with Gasteiger partial charge in [-0.2, -0.15) is 18.3 Å². The van der Waals surface area contributed by atoms with Gasteiger partial charge in [-0.25, -0.2) is 9.18 Å². The number of nitrogens with zero attached hydrogens (tertiary/aromatic N) is 2. The molecule has 1 N–H and O–H groups in total. The van der Waals surface area contributed by atoms with Crippen molar-refractivity contribution in [2.45, 2.75) is 45.4 Å².